The van der Waals surface area contributed by atoms with Crippen LogP contribution in [0.3, 0.4) is 0 Å². The van der Waals surface area contributed by atoms with Crippen LogP contribution >= 0.6 is 11.8 Å². The summed E-state index contributed by atoms with van der Waals surface area (Å²) in [5, 5.41) is 2.97. The third-order valence-corrected chi connectivity index (χ3v) is 6.86. The van der Waals surface area contributed by atoms with Gasteiger partial charge in [-0.25, -0.2) is 0 Å². The number of fused-ring (bicyclic) bond motifs is 1. The quantitative estimate of drug-likeness (QED) is 0.879. The molecule has 0 aromatic heterocycles. The number of methoxy groups -OCH3 is 1. The average Bonchev–Trinajstić information content (AvgIpc) is 3.22. The van der Waals surface area contributed by atoms with Crippen molar-refractivity contribution in [3.05, 3.63) is 59.7 Å². The maximum Gasteiger partial charge on any atom is 0.248 e. The lowest BCUT2D eigenvalue weighted by atomic mass is 10.0. The van der Waals surface area contributed by atoms with Crippen molar-refractivity contribution in [1.29, 1.82) is 0 Å². The Kier molecular flexibility index (Phi) is 4.60. The summed E-state index contributed by atoms with van der Waals surface area (Å²) in [4.78, 5) is 27.1. The average molecular weight is 382 g/mol. The Balaban J connectivity index is 1.63. The number of ether oxygens (including phenoxy) is 1. The zero-order valence-electron chi connectivity index (χ0n) is 15.4. The number of nitrogens with one attached hydrogen (secondary N) is 1. The van der Waals surface area contributed by atoms with Crippen molar-refractivity contribution in [1.82, 2.24) is 4.90 Å². The van der Waals surface area contributed by atoms with E-state index in [1.807, 2.05) is 55.5 Å². The van der Waals surface area contributed by atoms with Crippen LogP contribution in [0, 0.1) is 6.92 Å². The Morgan fingerprint density at radius 2 is 2.04 bits per heavy atom. The van der Waals surface area contributed by atoms with Crippen molar-refractivity contribution in [3.8, 4) is 5.75 Å². The van der Waals surface area contributed by atoms with Crippen molar-refractivity contribution in [2.24, 2.45) is 0 Å². The van der Waals surface area contributed by atoms with Crippen LogP contribution < -0.4 is 10.1 Å². The molecule has 2 saturated heterocycles. The molecule has 2 fully saturated rings. The molecule has 0 saturated carbocycles. The highest BCUT2D eigenvalue weighted by Gasteiger charge is 2.56. The Morgan fingerprint density at radius 1 is 1.26 bits per heavy atom. The Morgan fingerprint density at radius 3 is 2.78 bits per heavy atom. The molecule has 2 heterocycles. The van der Waals surface area contributed by atoms with Crippen molar-refractivity contribution in [2.45, 2.75) is 30.7 Å². The third kappa shape index (κ3) is 2.98. The molecule has 4 rings (SSSR count). The number of hydrogen-bond acceptors (Lipinski definition) is 4. The van der Waals surface area contributed by atoms with E-state index >= 15 is 0 Å². The van der Waals surface area contributed by atoms with Crippen LogP contribution in [0.25, 0.3) is 0 Å². The molecule has 2 aliphatic rings. The van der Waals surface area contributed by atoms with E-state index in [1.165, 1.54) is 0 Å². The van der Waals surface area contributed by atoms with Gasteiger partial charge in [-0.15, -0.1) is 11.8 Å². The summed E-state index contributed by atoms with van der Waals surface area (Å²) in [5.41, 5.74) is 2.75. The zero-order chi connectivity index (χ0) is 19.0. The van der Waals surface area contributed by atoms with Gasteiger partial charge in [0.25, 0.3) is 0 Å². The number of rotatable bonds is 4. The van der Waals surface area contributed by atoms with Gasteiger partial charge in [0.2, 0.25) is 11.8 Å². The molecule has 0 radical (unpaired) electrons. The van der Waals surface area contributed by atoms with Gasteiger partial charge in [-0.05, 0) is 36.6 Å². The lowest BCUT2D eigenvalue weighted by molar-refractivity contribution is -0.136. The summed E-state index contributed by atoms with van der Waals surface area (Å²) < 4.78 is 5.36. The molecule has 27 heavy (non-hydrogen) atoms. The molecule has 2 atom stereocenters. The molecule has 0 spiro atoms. The first-order valence-corrected chi connectivity index (χ1v) is 10.0. The van der Waals surface area contributed by atoms with E-state index in [9.17, 15) is 9.59 Å². The van der Waals surface area contributed by atoms with Gasteiger partial charge >= 0.3 is 0 Å². The van der Waals surface area contributed by atoms with Gasteiger partial charge in [0.15, 0.2) is 0 Å². The second-order valence-electron chi connectivity index (χ2n) is 6.93. The minimum Gasteiger partial charge on any atom is -0.495 e. The number of carbonyl (C=O) groups is 2. The van der Waals surface area contributed by atoms with Gasteiger partial charge in [0, 0.05) is 12.2 Å². The van der Waals surface area contributed by atoms with Crippen molar-refractivity contribution in [3.63, 3.8) is 0 Å². The molecule has 2 aromatic rings. The fourth-order valence-electron chi connectivity index (χ4n) is 3.97. The van der Waals surface area contributed by atoms with E-state index in [4.69, 9.17) is 4.74 Å². The molecule has 0 unspecified atom stereocenters. The van der Waals surface area contributed by atoms with Crippen LogP contribution in [-0.2, 0) is 14.5 Å². The number of anilines is 1. The number of nitrogens with zero attached hydrogens (tertiary/aromatic N) is 1. The molecule has 2 amide bonds. The Hall–Kier alpha value is -2.47. The summed E-state index contributed by atoms with van der Waals surface area (Å²) >= 11 is 1.69. The maximum absolute atomic E-state index is 13.1. The van der Waals surface area contributed by atoms with Crippen LogP contribution in [0.2, 0.25) is 0 Å². The Labute approximate surface area is 163 Å². The maximum atomic E-state index is 13.1. The van der Waals surface area contributed by atoms with E-state index < -0.39 is 10.9 Å². The minimum atomic E-state index is -0.490. The predicted molar refractivity (Wildman–Crippen MR) is 107 cm³/mol. The smallest absolute Gasteiger partial charge is 0.248 e. The van der Waals surface area contributed by atoms with E-state index in [0.717, 1.165) is 17.5 Å². The standard InChI is InChI=1S/C21H22N2O3S/c1-14-8-9-18(26-2)16(12-14)22-20(25)17-13-27-21(11-10-19(24)23(17)21)15-6-4-3-5-7-15/h3-9,12,17H,10-11,13H2,1-2H3,(H,22,25)/t17-,21+/m0/s1. The summed E-state index contributed by atoms with van der Waals surface area (Å²) in [5.74, 6) is 1.07. The van der Waals surface area contributed by atoms with Crippen LogP contribution in [0.4, 0.5) is 5.69 Å². The second-order valence-corrected chi connectivity index (χ2v) is 8.23. The summed E-state index contributed by atoms with van der Waals surface area (Å²) in [6.07, 6.45) is 1.21. The molecule has 5 nitrogen and oxygen atoms in total. The van der Waals surface area contributed by atoms with Gasteiger partial charge in [-0.1, -0.05) is 36.4 Å². The van der Waals surface area contributed by atoms with Crippen molar-refractivity contribution in [2.75, 3.05) is 18.2 Å². The number of thioether (sulfide) groups is 1. The normalized spacial score (nSPS) is 24.0. The fraction of sp³-hybridized carbons (Fsp3) is 0.333. The summed E-state index contributed by atoms with van der Waals surface area (Å²) in [6.45, 7) is 1.96. The molecule has 0 aliphatic carbocycles. The van der Waals surface area contributed by atoms with Gasteiger partial charge in [0.05, 0.1) is 12.8 Å². The van der Waals surface area contributed by atoms with Gasteiger partial charge in [-0.3, -0.25) is 9.59 Å². The van der Waals surface area contributed by atoms with Crippen molar-refractivity contribution >= 4 is 29.3 Å². The molecular weight excluding hydrogens is 360 g/mol. The third-order valence-electron chi connectivity index (χ3n) is 5.27. The first-order chi connectivity index (χ1) is 13.0. The highest BCUT2D eigenvalue weighted by atomic mass is 32.2. The van der Waals surface area contributed by atoms with E-state index in [1.54, 1.807) is 23.8 Å². The fourth-order valence-corrected chi connectivity index (χ4v) is 5.62. The molecule has 6 heteroatoms. The highest BCUT2D eigenvalue weighted by molar-refractivity contribution is 8.00. The van der Waals surface area contributed by atoms with E-state index in [0.29, 0.717) is 23.6 Å². The molecule has 0 bridgehead atoms. The molecule has 140 valence electrons. The number of hydrogen-bond donors (Lipinski definition) is 1. The first-order valence-electron chi connectivity index (χ1n) is 9.02. The zero-order valence-corrected chi connectivity index (χ0v) is 16.2. The van der Waals surface area contributed by atoms with Crippen molar-refractivity contribution < 1.29 is 14.3 Å². The van der Waals surface area contributed by atoms with Crippen LogP contribution in [0.15, 0.2) is 48.5 Å². The van der Waals surface area contributed by atoms with E-state index in [-0.39, 0.29) is 11.8 Å². The lowest BCUT2D eigenvalue weighted by Gasteiger charge is -2.34. The predicted octanol–water partition coefficient (Wildman–Crippen LogP) is 3.53. The molecule has 1 N–H and O–H groups in total. The number of carbonyl (C=O) groups excluding carboxylic acids is 2. The highest BCUT2D eigenvalue weighted by Crippen LogP contribution is 2.54. The van der Waals surface area contributed by atoms with Crippen LogP contribution in [0.5, 0.6) is 5.75 Å². The summed E-state index contributed by atoms with van der Waals surface area (Å²) in [7, 11) is 1.58. The minimum absolute atomic E-state index is 0.0419. The second kappa shape index (κ2) is 6.93. The van der Waals surface area contributed by atoms with Gasteiger partial charge < -0.3 is 15.0 Å². The van der Waals surface area contributed by atoms with E-state index in [2.05, 4.69) is 5.32 Å². The summed E-state index contributed by atoms with van der Waals surface area (Å²) in [6, 6.07) is 15.2. The monoisotopic (exact) mass is 382 g/mol. The molecule has 2 aliphatic heterocycles. The van der Waals surface area contributed by atoms with Gasteiger partial charge in [-0.2, -0.15) is 0 Å². The SMILES string of the molecule is COc1ccc(C)cc1NC(=O)[C@@H]1CS[C@@]2(c3ccccc3)CCC(=O)N12. The first kappa shape index (κ1) is 17.9. The number of benzene rings is 2. The molecular formula is C21H22N2O3S. The largest absolute Gasteiger partial charge is 0.495 e. The lowest BCUT2D eigenvalue weighted by Crippen LogP contribution is -2.48. The van der Waals surface area contributed by atoms with Gasteiger partial charge in [0.1, 0.15) is 16.7 Å². The topological polar surface area (TPSA) is 58.6 Å². The number of amides is 2. The van der Waals surface area contributed by atoms with Crippen LogP contribution in [0.1, 0.15) is 24.0 Å². The van der Waals surface area contributed by atoms with Crippen LogP contribution in [-0.4, -0.2) is 35.6 Å². The Bertz CT molecular complexity index is 886. The molecule has 2 aromatic carbocycles. The number of aryl methyl sites for hydroxylation is 1.